The molecule has 0 radical (unpaired) electrons. The van der Waals surface area contributed by atoms with Crippen molar-refractivity contribution in [3.8, 4) is 5.75 Å². The van der Waals surface area contributed by atoms with Gasteiger partial charge in [-0.1, -0.05) is 18.2 Å². The number of benzene rings is 1. The average molecular weight is 264 g/mol. The highest BCUT2D eigenvalue weighted by molar-refractivity contribution is 5.81. The normalized spacial score (nSPS) is 22.2. The molecule has 1 aliphatic rings. The number of para-hydroxylation sites is 1. The third kappa shape index (κ3) is 3.45. The van der Waals surface area contributed by atoms with Crippen LogP contribution in [0, 0.1) is 0 Å². The number of hydrogen-bond donors (Lipinski definition) is 2. The minimum atomic E-state index is -0.372. The van der Waals surface area contributed by atoms with Gasteiger partial charge in [0.25, 0.3) is 0 Å². The number of methoxy groups -OCH3 is 1. The maximum Gasteiger partial charge on any atom is 0.249 e. The summed E-state index contributed by atoms with van der Waals surface area (Å²) in [4.78, 5) is 12.0. The molecule has 1 heterocycles. The predicted molar refractivity (Wildman–Crippen MR) is 71.8 cm³/mol. The van der Waals surface area contributed by atoms with Gasteiger partial charge in [0.1, 0.15) is 11.9 Å². The van der Waals surface area contributed by atoms with Crippen LogP contribution < -0.4 is 15.8 Å². The number of nitrogens with one attached hydrogen (secondary N) is 1. The minimum absolute atomic E-state index is 0.0158. The van der Waals surface area contributed by atoms with Crippen LogP contribution in [-0.4, -0.2) is 31.8 Å². The van der Waals surface area contributed by atoms with E-state index in [2.05, 4.69) is 5.32 Å². The Hall–Kier alpha value is -1.59. The zero-order valence-electron chi connectivity index (χ0n) is 11.1. The molecule has 0 unspecified atom stereocenters. The molecule has 5 heteroatoms. The summed E-state index contributed by atoms with van der Waals surface area (Å²) in [5.41, 5.74) is 6.48. The van der Waals surface area contributed by atoms with Crippen molar-refractivity contribution < 1.29 is 14.3 Å². The maximum absolute atomic E-state index is 12.0. The van der Waals surface area contributed by atoms with Crippen molar-refractivity contribution in [2.24, 2.45) is 5.73 Å². The first kappa shape index (κ1) is 13.8. The number of ether oxygens (including phenoxy) is 2. The van der Waals surface area contributed by atoms with Crippen LogP contribution >= 0.6 is 0 Å². The van der Waals surface area contributed by atoms with Crippen molar-refractivity contribution in [3.05, 3.63) is 29.8 Å². The van der Waals surface area contributed by atoms with Crippen LogP contribution in [0.25, 0.3) is 0 Å². The van der Waals surface area contributed by atoms with Gasteiger partial charge in [-0.15, -0.1) is 0 Å². The van der Waals surface area contributed by atoms with E-state index in [1.807, 2.05) is 24.3 Å². The fraction of sp³-hybridized carbons (Fsp3) is 0.500. The molecule has 1 aromatic rings. The van der Waals surface area contributed by atoms with Gasteiger partial charge in [-0.3, -0.25) is 4.79 Å². The molecule has 1 amide bonds. The summed E-state index contributed by atoms with van der Waals surface area (Å²) in [7, 11) is 1.62. The molecule has 0 saturated carbocycles. The van der Waals surface area contributed by atoms with Crippen molar-refractivity contribution in [2.75, 3.05) is 13.7 Å². The first-order valence-corrected chi connectivity index (χ1v) is 6.49. The first-order valence-electron chi connectivity index (χ1n) is 6.49. The van der Waals surface area contributed by atoms with Crippen molar-refractivity contribution in [3.63, 3.8) is 0 Å². The second kappa shape index (κ2) is 6.54. The molecule has 2 atom stereocenters. The Morgan fingerprint density at radius 1 is 1.47 bits per heavy atom. The molecule has 0 aliphatic carbocycles. The van der Waals surface area contributed by atoms with E-state index in [4.69, 9.17) is 15.2 Å². The van der Waals surface area contributed by atoms with E-state index in [1.165, 1.54) is 0 Å². The lowest BCUT2D eigenvalue weighted by atomic mass is 10.1. The highest BCUT2D eigenvalue weighted by atomic mass is 16.5. The molecule has 0 bridgehead atoms. The number of nitrogens with two attached hydrogens (primary N) is 1. The van der Waals surface area contributed by atoms with Gasteiger partial charge in [-0.25, -0.2) is 0 Å². The molecule has 2 rings (SSSR count). The monoisotopic (exact) mass is 264 g/mol. The van der Waals surface area contributed by atoms with E-state index in [9.17, 15) is 4.79 Å². The van der Waals surface area contributed by atoms with Gasteiger partial charge in [0, 0.05) is 18.7 Å². The smallest absolute Gasteiger partial charge is 0.249 e. The molecule has 19 heavy (non-hydrogen) atoms. The molecule has 5 nitrogen and oxygen atoms in total. The molecule has 0 aromatic heterocycles. The number of hydrogen-bond acceptors (Lipinski definition) is 4. The quantitative estimate of drug-likeness (QED) is 0.825. The molecule has 1 saturated heterocycles. The molecule has 104 valence electrons. The molecule has 1 aromatic carbocycles. The Labute approximate surface area is 113 Å². The fourth-order valence-electron chi connectivity index (χ4n) is 2.22. The Morgan fingerprint density at radius 2 is 2.26 bits per heavy atom. The van der Waals surface area contributed by atoms with Crippen LogP contribution in [-0.2, 0) is 16.1 Å². The molecular weight excluding hydrogens is 244 g/mol. The number of rotatable bonds is 5. The fourth-order valence-corrected chi connectivity index (χ4v) is 2.22. The highest BCUT2D eigenvalue weighted by Crippen LogP contribution is 2.20. The SMILES string of the molecule is COc1ccccc1CNC(=O)[C@@H]1CC[C@H](CN)O1. The van der Waals surface area contributed by atoms with Crippen LogP contribution in [0.2, 0.25) is 0 Å². The summed E-state index contributed by atoms with van der Waals surface area (Å²) in [5.74, 6) is 0.692. The minimum Gasteiger partial charge on any atom is -0.496 e. The van der Waals surface area contributed by atoms with Crippen LogP contribution in [0.1, 0.15) is 18.4 Å². The number of amides is 1. The standard InChI is InChI=1S/C14H20N2O3/c1-18-12-5-3-2-4-10(12)9-16-14(17)13-7-6-11(8-15)19-13/h2-5,11,13H,6-9,15H2,1H3,(H,16,17)/t11-,13+/m1/s1. The number of carbonyl (C=O) groups excluding carboxylic acids is 1. The number of carbonyl (C=O) groups is 1. The largest absolute Gasteiger partial charge is 0.496 e. The summed E-state index contributed by atoms with van der Waals surface area (Å²) in [6.45, 7) is 0.909. The van der Waals surface area contributed by atoms with E-state index in [0.29, 0.717) is 13.1 Å². The molecule has 1 fully saturated rings. The van der Waals surface area contributed by atoms with E-state index < -0.39 is 0 Å². The summed E-state index contributed by atoms with van der Waals surface area (Å²) in [5, 5.41) is 2.88. The molecule has 3 N–H and O–H groups in total. The van der Waals surface area contributed by atoms with Gasteiger partial charge in [0.2, 0.25) is 5.91 Å². The Morgan fingerprint density at radius 3 is 2.95 bits per heavy atom. The summed E-state index contributed by atoms with van der Waals surface area (Å²) < 4.78 is 10.8. The van der Waals surface area contributed by atoms with Crippen molar-refractivity contribution >= 4 is 5.91 Å². The predicted octanol–water partition coefficient (Wildman–Crippen LogP) is 0.818. The second-order valence-corrected chi connectivity index (χ2v) is 4.59. The first-order chi connectivity index (χ1) is 9.24. The molecule has 0 spiro atoms. The van der Waals surface area contributed by atoms with Crippen molar-refractivity contribution in [1.29, 1.82) is 0 Å². The van der Waals surface area contributed by atoms with Crippen LogP contribution in [0.4, 0.5) is 0 Å². The topological polar surface area (TPSA) is 73.6 Å². The van der Waals surface area contributed by atoms with E-state index in [1.54, 1.807) is 7.11 Å². The third-order valence-corrected chi connectivity index (χ3v) is 3.31. The van der Waals surface area contributed by atoms with Crippen molar-refractivity contribution in [2.45, 2.75) is 31.6 Å². The Bertz CT molecular complexity index is 436. The van der Waals surface area contributed by atoms with E-state index in [-0.39, 0.29) is 18.1 Å². The van der Waals surface area contributed by atoms with Crippen LogP contribution in [0.15, 0.2) is 24.3 Å². The van der Waals surface area contributed by atoms with Gasteiger partial charge < -0.3 is 20.5 Å². The lowest BCUT2D eigenvalue weighted by Crippen LogP contribution is -2.35. The van der Waals surface area contributed by atoms with Crippen LogP contribution in [0.5, 0.6) is 5.75 Å². The van der Waals surface area contributed by atoms with E-state index >= 15 is 0 Å². The zero-order chi connectivity index (χ0) is 13.7. The Balaban J connectivity index is 1.87. The molecule has 1 aliphatic heterocycles. The third-order valence-electron chi connectivity index (χ3n) is 3.31. The van der Waals surface area contributed by atoms with E-state index in [0.717, 1.165) is 24.2 Å². The highest BCUT2D eigenvalue weighted by Gasteiger charge is 2.29. The Kier molecular flexibility index (Phi) is 4.76. The van der Waals surface area contributed by atoms with Crippen molar-refractivity contribution in [1.82, 2.24) is 5.32 Å². The van der Waals surface area contributed by atoms with Gasteiger partial charge in [-0.05, 0) is 18.9 Å². The molecular formula is C14H20N2O3. The van der Waals surface area contributed by atoms with Gasteiger partial charge in [0.05, 0.1) is 13.2 Å². The van der Waals surface area contributed by atoms with Gasteiger partial charge >= 0.3 is 0 Å². The summed E-state index contributed by atoms with van der Waals surface area (Å²) in [6.07, 6.45) is 1.23. The van der Waals surface area contributed by atoms with Gasteiger partial charge in [0.15, 0.2) is 0 Å². The van der Waals surface area contributed by atoms with Crippen LogP contribution in [0.3, 0.4) is 0 Å². The second-order valence-electron chi connectivity index (χ2n) is 4.59. The average Bonchev–Trinajstić information content (AvgIpc) is 2.94. The zero-order valence-corrected chi connectivity index (χ0v) is 11.1. The summed E-state index contributed by atoms with van der Waals surface area (Å²) in [6, 6.07) is 7.62. The lowest BCUT2D eigenvalue weighted by molar-refractivity contribution is -0.132. The lowest BCUT2D eigenvalue weighted by Gasteiger charge is -2.14. The maximum atomic E-state index is 12.0. The van der Waals surface area contributed by atoms with Gasteiger partial charge in [-0.2, -0.15) is 0 Å². The summed E-state index contributed by atoms with van der Waals surface area (Å²) >= 11 is 0.